The fourth-order valence-electron chi connectivity index (χ4n) is 10.7. The number of aromatic nitrogens is 1. The van der Waals surface area contributed by atoms with E-state index in [2.05, 4.69) is 31.9 Å². The van der Waals surface area contributed by atoms with Crippen molar-refractivity contribution in [3.8, 4) is 0 Å². The smallest absolute Gasteiger partial charge is 0.329 e. The first-order chi connectivity index (χ1) is 38.0. The van der Waals surface area contributed by atoms with Crippen molar-refractivity contribution >= 4 is 58.9 Å². The topological polar surface area (TPSA) is 333 Å². The molecule has 1 aromatic heterocycles. The number of fused-ring (bicyclic) bond motifs is 1. The Bertz CT molecular complexity index is 2850. The van der Waals surface area contributed by atoms with Crippen molar-refractivity contribution in [1.29, 1.82) is 0 Å². The van der Waals surface area contributed by atoms with Gasteiger partial charge in [0, 0.05) is 52.9 Å². The number of ether oxygens (including phenoxy) is 1. The van der Waals surface area contributed by atoms with Gasteiger partial charge in [-0.1, -0.05) is 119 Å². The minimum Gasteiger partial charge on any atom is -0.458 e. The number of amides is 7. The second-order valence-electron chi connectivity index (χ2n) is 21.5. The van der Waals surface area contributed by atoms with Crippen LogP contribution in [0, 0.1) is 43.9 Å². The summed E-state index contributed by atoms with van der Waals surface area (Å²) >= 11 is 5.98. The number of halogens is 1. The van der Waals surface area contributed by atoms with E-state index in [-0.39, 0.29) is 43.8 Å². The number of hydrogen-bond donors (Lipinski definition) is 7. The van der Waals surface area contributed by atoms with Gasteiger partial charge in [0.2, 0.25) is 47.5 Å². The van der Waals surface area contributed by atoms with Gasteiger partial charge < -0.3 is 46.7 Å². The predicted octanol–water partition coefficient (Wildman–Crippen LogP) is 3.40. The highest BCUT2D eigenvalue weighted by atomic mass is 35.5. The highest BCUT2D eigenvalue weighted by Gasteiger charge is 2.52. The maximum Gasteiger partial charge on any atom is 0.329 e. The molecule has 2 saturated heterocycles. The average molecular weight is 1130 g/mol. The molecular formula is C55H69ClN10O14. The second-order valence-corrected chi connectivity index (χ2v) is 21.9. The quantitative estimate of drug-likeness (QED) is 0.0335. The van der Waals surface area contributed by atoms with Gasteiger partial charge in [0.05, 0.1) is 0 Å². The maximum atomic E-state index is 15.2. The number of cyclic esters (lactones) is 1. The van der Waals surface area contributed by atoms with Crippen molar-refractivity contribution in [1.82, 2.24) is 41.5 Å². The van der Waals surface area contributed by atoms with Crippen LogP contribution < -0.4 is 31.9 Å². The van der Waals surface area contributed by atoms with Crippen molar-refractivity contribution in [2.24, 2.45) is 23.7 Å². The molecule has 16 atom stereocenters. The molecule has 3 aromatic rings. The van der Waals surface area contributed by atoms with Crippen LogP contribution in [0.2, 0.25) is 5.15 Å². The number of nitrogens with zero attached hydrogens (tertiary/aromatic N) is 4. The van der Waals surface area contributed by atoms with Crippen molar-refractivity contribution in [3.63, 3.8) is 0 Å². The molecular weight excluding hydrogens is 1060 g/mol. The Morgan fingerprint density at radius 3 is 1.86 bits per heavy atom. The van der Waals surface area contributed by atoms with Crippen LogP contribution in [0.3, 0.4) is 0 Å². The molecule has 7 rings (SSSR count). The first-order valence-electron chi connectivity index (χ1n) is 26.9. The molecule has 16 unspecified atom stereocenters. The zero-order valence-electron chi connectivity index (χ0n) is 45.2. The van der Waals surface area contributed by atoms with Crippen LogP contribution in [-0.4, -0.2) is 139 Å². The highest BCUT2D eigenvalue weighted by Crippen LogP contribution is 2.39. The predicted molar refractivity (Wildman–Crippen MR) is 288 cm³/mol. The number of rotatable bonds is 17. The number of nitrogens with one attached hydrogen (secondary N) is 6. The van der Waals surface area contributed by atoms with Crippen molar-refractivity contribution in [2.45, 2.75) is 152 Å². The van der Waals surface area contributed by atoms with E-state index in [1.807, 2.05) is 0 Å². The zero-order valence-corrected chi connectivity index (χ0v) is 45.9. The summed E-state index contributed by atoms with van der Waals surface area (Å²) in [6.45, 7) is 9.88. The normalized spacial score (nSPS) is 29.1. The zero-order chi connectivity index (χ0) is 58.3. The SMILES string of the molecule is CC=CC1CC2C(=O)OC(C)C(NC(=O)C(CC3CC3[N+](=O)[O-])NC(=O)c3ccc(Cl)n3O)C(=O)NC(C(C)c3ccccc3)C(=O)NC(CC3CC3[N+](=O)[O-])C(=O)NC(C(C)c3ccccc3)C(=O)NC(C(C)CC)C(=O)N2C1. The van der Waals surface area contributed by atoms with Gasteiger partial charge in [-0.25, -0.2) is 4.79 Å². The molecule has 0 bridgehead atoms. The first kappa shape index (κ1) is 59.8. The van der Waals surface area contributed by atoms with E-state index in [9.17, 15) is 49.4 Å². The van der Waals surface area contributed by atoms with Gasteiger partial charge in [-0.05, 0) is 68.2 Å². The Hall–Kier alpha value is -7.89. The van der Waals surface area contributed by atoms with Crippen LogP contribution in [0.4, 0.5) is 0 Å². The third-order valence-corrected chi connectivity index (χ3v) is 16.3. The van der Waals surface area contributed by atoms with Gasteiger partial charge in [0.1, 0.15) is 59.2 Å². The van der Waals surface area contributed by atoms with Crippen molar-refractivity contribution < 1.29 is 58.1 Å². The molecule has 2 aromatic carbocycles. The highest BCUT2D eigenvalue weighted by molar-refractivity contribution is 6.30. The van der Waals surface area contributed by atoms with E-state index in [4.69, 9.17) is 16.3 Å². The van der Waals surface area contributed by atoms with E-state index >= 15 is 14.4 Å². The number of hydrogen-bond acceptors (Lipinski definition) is 14. The molecule has 2 saturated carbocycles. The van der Waals surface area contributed by atoms with Gasteiger partial charge in [-0.2, -0.15) is 4.73 Å². The van der Waals surface area contributed by atoms with Crippen LogP contribution in [0.1, 0.15) is 114 Å². The van der Waals surface area contributed by atoms with E-state index in [0.717, 1.165) is 6.07 Å². The monoisotopic (exact) mass is 1130 g/mol. The van der Waals surface area contributed by atoms with E-state index < -0.39 is 159 Å². The van der Waals surface area contributed by atoms with Crippen LogP contribution in [0.15, 0.2) is 84.9 Å². The van der Waals surface area contributed by atoms with Crippen molar-refractivity contribution in [3.05, 3.63) is 127 Å². The summed E-state index contributed by atoms with van der Waals surface area (Å²) in [5, 5.41) is 50.1. The first-order valence-corrected chi connectivity index (χ1v) is 27.3. The molecule has 4 fully saturated rings. The third kappa shape index (κ3) is 14.1. The summed E-state index contributed by atoms with van der Waals surface area (Å²) in [5.74, 6) is -11.6. The number of nitro groups is 2. The average Bonchev–Trinajstić information content (AvgIpc) is 4.33. The van der Waals surface area contributed by atoms with Gasteiger partial charge in [0.15, 0.2) is 0 Å². The lowest BCUT2D eigenvalue weighted by Crippen LogP contribution is -2.62. The molecule has 24 nitrogen and oxygen atoms in total. The number of esters is 1. The fraction of sp³-hybridized carbons (Fsp3) is 0.527. The number of benzene rings is 2. The van der Waals surface area contributed by atoms with Crippen molar-refractivity contribution in [2.75, 3.05) is 6.54 Å². The molecule has 7 N–H and O–H groups in total. The van der Waals surface area contributed by atoms with Crippen LogP contribution in [0.25, 0.3) is 0 Å². The van der Waals surface area contributed by atoms with Crippen LogP contribution in [-0.2, 0) is 38.3 Å². The molecule has 2 aliphatic heterocycles. The Morgan fingerprint density at radius 1 is 0.787 bits per heavy atom. The molecule has 7 amide bonds. The molecule has 25 heteroatoms. The summed E-state index contributed by atoms with van der Waals surface area (Å²) < 4.78 is 6.43. The minimum atomic E-state index is -1.93. The summed E-state index contributed by atoms with van der Waals surface area (Å²) in [5.41, 5.74) is 0.721. The number of allylic oxidation sites excluding steroid dienone is 1. The van der Waals surface area contributed by atoms with Gasteiger partial charge in [0.25, 0.3) is 5.91 Å². The Kier molecular flexibility index (Phi) is 19.4. The summed E-state index contributed by atoms with van der Waals surface area (Å²) in [6, 6.07) is 6.69. The maximum absolute atomic E-state index is 15.2. The molecule has 0 radical (unpaired) electrons. The summed E-state index contributed by atoms with van der Waals surface area (Å²) in [4.78, 5) is 142. The Labute approximate surface area is 466 Å². The molecule has 2 aliphatic carbocycles. The minimum absolute atomic E-state index is 0.00168. The van der Waals surface area contributed by atoms with Crippen LogP contribution >= 0.6 is 11.6 Å². The van der Waals surface area contributed by atoms with Gasteiger partial charge in [-0.3, -0.25) is 53.8 Å². The molecule has 80 heavy (non-hydrogen) atoms. The summed E-state index contributed by atoms with van der Waals surface area (Å²) in [7, 11) is 0. The lowest BCUT2D eigenvalue weighted by molar-refractivity contribution is -0.498. The lowest BCUT2D eigenvalue weighted by atomic mass is 9.90. The van der Waals surface area contributed by atoms with E-state index in [1.54, 1.807) is 107 Å². The second kappa shape index (κ2) is 25.9. The largest absolute Gasteiger partial charge is 0.458 e. The van der Waals surface area contributed by atoms with Gasteiger partial charge >= 0.3 is 5.97 Å². The van der Waals surface area contributed by atoms with E-state index in [1.165, 1.54) is 17.9 Å². The standard InChI is InChI=1S/C55H69ClN10O14/c1-7-15-32-22-42-55(74)80-31(6)47(62-49(68)37(23-35-25-40(35)65(76)77)57-50(69)39-20-21-43(56)64(39)75)53(72)61-45(29(4)33-16-11-9-12-17-33)51(70)58-38(24-36-26-41(36)66(78)79)48(67)60-46(30(5)34-18-13-10-14-19-34)52(71)59-44(28(3)8-2)54(73)63(42)27-32/h7,9-21,28-32,35-38,40-42,44-47,75H,8,22-27H2,1-6H3,(H,57,69)(H,58,70)(H,59,71)(H,60,67)(H,61,72)(H,62,68). The van der Waals surface area contributed by atoms with Crippen LogP contribution in [0.5, 0.6) is 0 Å². The van der Waals surface area contributed by atoms with Gasteiger partial charge in [-0.15, -0.1) is 0 Å². The molecule has 0 spiro atoms. The molecule has 3 heterocycles. The molecule has 4 aliphatic rings. The fourth-order valence-corrected chi connectivity index (χ4v) is 10.8. The van der Waals surface area contributed by atoms with E-state index in [0.29, 0.717) is 22.3 Å². The summed E-state index contributed by atoms with van der Waals surface area (Å²) in [6.07, 6.45) is 1.86. The Balaban J connectivity index is 1.33. The third-order valence-electron chi connectivity index (χ3n) is 16.0. The molecule has 430 valence electrons. The number of carbonyl (C=O) groups is 8. The number of carbonyl (C=O) groups excluding carboxylic acids is 8. The Morgan fingerprint density at radius 2 is 1.34 bits per heavy atom. The lowest BCUT2D eigenvalue weighted by Gasteiger charge is -2.34.